The molecule has 1 rings (SSSR count). The van der Waals surface area contributed by atoms with E-state index < -0.39 is 14.9 Å². The lowest BCUT2D eigenvalue weighted by atomic mass is 10.2. The Hall–Kier alpha value is -0.520. The fourth-order valence-electron chi connectivity index (χ4n) is 1.52. The highest BCUT2D eigenvalue weighted by molar-refractivity contribution is 8.13. The van der Waals surface area contributed by atoms with Crippen LogP contribution >= 0.6 is 22.3 Å². The lowest BCUT2D eigenvalue weighted by Gasteiger charge is -2.08. The Morgan fingerprint density at radius 3 is 2.47 bits per heavy atom. The maximum Gasteiger partial charge on any atom is 0.232 e. The Balaban J connectivity index is 2.18. The lowest BCUT2D eigenvalue weighted by Crippen LogP contribution is -2.01. The monoisotopic (exact) mass is 328 g/mol. The van der Waals surface area contributed by atoms with E-state index >= 15 is 0 Å². The minimum absolute atomic E-state index is 0.0193. The zero-order chi connectivity index (χ0) is 14.3. The zero-order valence-electron chi connectivity index (χ0n) is 10.2. The first-order chi connectivity index (χ1) is 8.90. The average Bonchev–Trinajstić information content (AvgIpc) is 2.29. The molecule has 0 radical (unpaired) electrons. The summed E-state index contributed by atoms with van der Waals surface area (Å²) < 4.78 is 39.9. The van der Waals surface area contributed by atoms with Gasteiger partial charge in [0, 0.05) is 10.7 Å². The van der Waals surface area contributed by atoms with Crippen molar-refractivity contribution >= 4 is 31.3 Å². The van der Waals surface area contributed by atoms with Crippen molar-refractivity contribution in [3.63, 3.8) is 0 Å². The number of para-hydroxylation sites is 1. The third kappa shape index (κ3) is 6.99. The van der Waals surface area contributed by atoms with Crippen LogP contribution in [0.5, 0.6) is 5.75 Å². The van der Waals surface area contributed by atoms with E-state index in [2.05, 4.69) is 0 Å². The maximum absolute atomic E-state index is 13.3. The van der Waals surface area contributed by atoms with Crippen LogP contribution < -0.4 is 4.74 Å². The van der Waals surface area contributed by atoms with Crippen molar-refractivity contribution in [2.75, 3.05) is 12.4 Å². The second-order valence-corrected chi connectivity index (χ2v) is 7.36. The summed E-state index contributed by atoms with van der Waals surface area (Å²) in [5.74, 6) is -0.442. The van der Waals surface area contributed by atoms with Crippen molar-refractivity contribution < 1.29 is 17.5 Å². The van der Waals surface area contributed by atoms with Gasteiger partial charge in [-0.1, -0.05) is 30.5 Å². The third-order valence-electron chi connectivity index (χ3n) is 2.45. The molecule has 19 heavy (non-hydrogen) atoms. The minimum Gasteiger partial charge on any atom is -0.489 e. The molecule has 0 aliphatic rings. The Morgan fingerprint density at radius 1 is 1.16 bits per heavy atom. The van der Waals surface area contributed by atoms with Crippen LogP contribution in [0, 0.1) is 5.82 Å². The van der Waals surface area contributed by atoms with Gasteiger partial charge >= 0.3 is 0 Å². The van der Waals surface area contributed by atoms with Gasteiger partial charge in [-0.15, -0.1) is 0 Å². The van der Waals surface area contributed by atoms with Crippen molar-refractivity contribution in [1.29, 1.82) is 0 Å². The van der Waals surface area contributed by atoms with E-state index in [1.54, 1.807) is 6.07 Å². The fourth-order valence-corrected chi connectivity index (χ4v) is 2.62. The van der Waals surface area contributed by atoms with E-state index in [1.807, 2.05) is 0 Å². The molecule has 7 heteroatoms. The summed E-state index contributed by atoms with van der Waals surface area (Å²) >= 11 is 5.80. The molecular weight excluding hydrogens is 314 g/mol. The van der Waals surface area contributed by atoms with Gasteiger partial charge in [-0.05, 0) is 25.0 Å². The van der Waals surface area contributed by atoms with Crippen LogP contribution in [0.15, 0.2) is 18.2 Å². The van der Waals surface area contributed by atoms with Crippen molar-refractivity contribution in [3.8, 4) is 5.75 Å². The zero-order valence-corrected chi connectivity index (χ0v) is 12.6. The molecule has 0 bridgehead atoms. The molecule has 0 saturated heterocycles. The molecule has 0 aliphatic heterocycles. The van der Waals surface area contributed by atoms with E-state index in [1.165, 1.54) is 12.1 Å². The molecule has 0 fully saturated rings. The SMILES string of the molecule is O=S(=O)(Cl)CCCCCCOc1c(F)cccc1Cl. The van der Waals surface area contributed by atoms with Gasteiger partial charge in [-0.25, -0.2) is 12.8 Å². The summed E-state index contributed by atoms with van der Waals surface area (Å²) in [6.45, 7) is 0.342. The molecule has 0 aromatic heterocycles. The van der Waals surface area contributed by atoms with Crippen LogP contribution in [0.25, 0.3) is 0 Å². The Bertz CT molecular complexity index is 485. The van der Waals surface area contributed by atoms with Gasteiger partial charge in [0.05, 0.1) is 17.4 Å². The van der Waals surface area contributed by atoms with Crippen LogP contribution in [-0.2, 0) is 9.05 Å². The van der Waals surface area contributed by atoms with Crippen LogP contribution in [-0.4, -0.2) is 20.8 Å². The predicted octanol–water partition coefficient (Wildman–Crippen LogP) is 3.99. The molecule has 0 heterocycles. The quantitative estimate of drug-likeness (QED) is 0.535. The van der Waals surface area contributed by atoms with Crippen molar-refractivity contribution in [3.05, 3.63) is 29.0 Å². The van der Waals surface area contributed by atoms with Gasteiger partial charge in [0.2, 0.25) is 9.05 Å². The van der Waals surface area contributed by atoms with Crippen LogP contribution in [0.1, 0.15) is 25.7 Å². The van der Waals surface area contributed by atoms with Crippen LogP contribution in [0.2, 0.25) is 5.02 Å². The molecule has 0 saturated carbocycles. The second kappa shape index (κ2) is 7.92. The van der Waals surface area contributed by atoms with Gasteiger partial charge < -0.3 is 4.74 Å². The predicted molar refractivity (Wildman–Crippen MR) is 75.0 cm³/mol. The largest absolute Gasteiger partial charge is 0.489 e. The molecule has 0 aliphatic carbocycles. The van der Waals surface area contributed by atoms with Gasteiger partial charge in [-0.3, -0.25) is 0 Å². The number of unbranched alkanes of at least 4 members (excludes halogenated alkanes) is 3. The first-order valence-electron chi connectivity index (χ1n) is 5.89. The standard InChI is InChI=1S/C12H15Cl2FO3S/c13-10-6-5-7-11(15)12(10)18-8-3-1-2-4-9-19(14,16)17/h5-7H,1-4,8-9H2. The highest BCUT2D eigenvalue weighted by Crippen LogP contribution is 2.27. The molecule has 3 nitrogen and oxygen atoms in total. The highest BCUT2D eigenvalue weighted by atomic mass is 35.7. The number of rotatable bonds is 8. The summed E-state index contributed by atoms with van der Waals surface area (Å²) in [6.07, 6.45) is 2.75. The van der Waals surface area contributed by atoms with E-state index in [-0.39, 0.29) is 16.5 Å². The molecule has 1 aromatic carbocycles. The van der Waals surface area contributed by atoms with Gasteiger partial charge in [0.15, 0.2) is 11.6 Å². The van der Waals surface area contributed by atoms with Gasteiger partial charge in [0.25, 0.3) is 0 Å². The Kier molecular flexibility index (Phi) is 6.89. The van der Waals surface area contributed by atoms with Gasteiger partial charge in [-0.2, -0.15) is 0 Å². The third-order valence-corrected chi connectivity index (χ3v) is 3.98. The molecular formula is C12H15Cl2FO3S. The molecule has 0 spiro atoms. The average molecular weight is 329 g/mol. The fraction of sp³-hybridized carbons (Fsp3) is 0.500. The number of hydrogen-bond acceptors (Lipinski definition) is 3. The molecule has 0 atom stereocenters. The minimum atomic E-state index is -3.40. The Morgan fingerprint density at radius 2 is 1.84 bits per heavy atom. The number of hydrogen-bond donors (Lipinski definition) is 0. The van der Waals surface area contributed by atoms with Crippen molar-refractivity contribution in [2.45, 2.75) is 25.7 Å². The first kappa shape index (κ1) is 16.5. The molecule has 1 aromatic rings. The smallest absolute Gasteiger partial charge is 0.232 e. The summed E-state index contributed by atoms with van der Waals surface area (Å²) in [6, 6.07) is 4.36. The lowest BCUT2D eigenvalue weighted by molar-refractivity contribution is 0.291. The summed E-state index contributed by atoms with van der Waals surface area (Å²) in [7, 11) is 1.68. The second-order valence-electron chi connectivity index (χ2n) is 4.06. The highest BCUT2D eigenvalue weighted by Gasteiger charge is 2.07. The topological polar surface area (TPSA) is 43.4 Å². The van der Waals surface area contributed by atoms with E-state index in [0.717, 1.165) is 12.8 Å². The van der Waals surface area contributed by atoms with Crippen LogP contribution in [0.4, 0.5) is 4.39 Å². The Labute approximate surface area is 122 Å². The number of benzene rings is 1. The number of halogens is 3. The van der Waals surface area contributed by atoms with E-state index in [0.29, 0.717) is 19.4 Å². The summed E-state index contributed by atoms with van der Waals surface area (Å²) in [5.41, 5.74) is 0. The first-order valence-corrected chi connectivity index (χ1v) is 8.75. The normalized spacial score (nSPS) is 11.5. The van der Waals surface area contributed by atoms with Crippen molar-refractivity contribution in [2.24, 2.45) is 0 Å². The van der Waals surface area contributed by atoms with E-state index in [9.17, 15) is 12.8 Å². The molecule has 0 amide bonds. The maximum atomic E-state index is 13.3. The van der Waals surface area contributed by atoms with E-state index in [4.69, 9.17) is 27.0 Å². The molecule has 108 valence electrons. The van der Waals surface area contributed by atoms with Crippen molar-refractivity contribution in [1.82, 2.24) is 0 Å². The van der Waals surface area contributed by atoms with Gasteiger partial charge in [0.1, 0.15) is 0 Å². The molecule has 0 N–H and O–H groups in total. The summed E-state index contributed by atoms with van der Waals surface area (Å²) in [5, 5.41) is 0.244. The van der Waals surface area contributed by atoms with Crippen LogP contribution in [0.3, 0.4) is 0 Å². The molecule has 0 unspecified atom stereocenters. The number of ether oxygens (including phenoxy) is 1. The summed E-state index contributed by atoms with van der Waals surface area (Å²) in [4.78, 5) is 0.